The van der Waals surface area contributed by atoms with Gasteiger partial charge in [0.15, 0.2) is 0 Å². The minimum absolute atomic E-state index is 0.336. The standard InChI is InChI=1S/C15H21NO3S/c1-12-5-7-13(8-6-12)20(19)16(2)11-15(14(17)18)9-3-4-10-15/h5-8H,3-4,9-11H2,1-2H3,(H,17,18). The molecule has 0 radical (unpaired) electrons. The fraction of sp³-hybridized carbons (Fsp3) is 0.533. The molecule has 0 aromatic heterocycles. The quantitative estimate of drug-likeness (QED) is 0.908. The van der Waals surface area contributed by atoms with Crippen LogP contribution in [0.1, 0.15) is 31.2 Å². The summed E-state index contributed by atoms with van der Waals surface area (Å²) >= 11 is 0. The summed E-state index contributed by atoms with van der Waals surface area (Å²) in [6.07, 6.45) is 3.24. The molecule has 1 aliphatic rings. The van der Waals surface area contributed by atoms with Crippen molar-refractivity contribution in [3.63, 3.8) is 0 Å². The first-order chi connectivity index (χ1) is 9.44. The molecular weight excluding hydrogens is 274 g/mol. The van der Waals surface area contributed by atoms with E-state index in [2.05, 4.69) is 0 Å². The van der Waals surface area contributed by atoms with E-state index in [1.54, 1.807) is 11.4 Å². The van der Waals surface area contributed by atoms with Gasteiger partial charge >= 0.3 is 5.97 Å². The van der Waals surface area contributed by atoms with Gasteiger partial charge in [0.05, 0.1) is 10.3 Å². The molecule has 0 spiro atoms. The maximum Gasteiger partial charge on any atom is 0.310 e. The van der Waals surface area contributed by atoms with E-state index >= 15 is 0 Å². The molecule has 0 aliphatic heterocycles. The van der Waals surface area contributed by atoms with Crippen molar-refractivity contribution in [1.29, 1.82) is 0 Å². The predicted molar refractivity (Wildman–Crippen MR) is 78.8 cm³/mol. The molecule has 1 unspecified atom stereocenters. The predicted octanol–water partition coefficient (Wildman–Crippen LogP) is 2.59. The maximum atomic E-state index is 12.5. The molecular formula is C15H21NO3S. The highest BCUT2D eigenvalue weighted by Gasteiger charge is 2.42. The zero-order valence-corrected chi connectivity index (χ0v) is 12.8. The summed E-state index contributed by atoms with van der Waals surface area (Å²) in [5, 5.41) is 9.48. The Morgan fingerprint density at radius 3 is 2.35 bits per heavy atom. The van der Waals surface area contributed by atoms with Gasteiger partial charge in [0.2, 0.25) is 0 Å². The molecule has 20 heavy (non-hydrogen) atoms. The molecule has 0 amide bonds. The van der Waals surface area contributed by atoms with E-state index in [1.165, 1.54) is 0 Å². The van der Waals surface area contributed by atoms with Crippen LogP contribution < -0.4 is 0 Å². The molecule has 0 saturated heterocycles. The Labute approximate surface area is 122 Å². The second kappa shape index (κ2) is 6.06. The van der Waals surface area contributed by atoms with Gasteiger partial charge in [-0.25, -0.2) is 8.51 Å². The van der Waals surface area contributed by atoms with Gasteiger partial charge in [-0.15, -0.1) is 0 Å². The third-order valence-electron chi connectivity index (χ3n) is 4.05. The first-order valence-corrected chi connectivity index (χ1v) is 7.98. The van der Waals surface area contributed by atoms with E-state index in [-0.39, 0.29) is 0 Å². The van der Waals surface area contributed by atoms with Gasteiger partial charge in [0.25, 0.3) is 0 Å². The monoisotopic (exact) mass is 295 g/mol. The molecule has 0 heterocycles. The number of aliphatic carboxylic acids is 1. The maximum absolute atomic E-state index is 12.5. The number of carboxylic acid groups (broad SMARTS) is 1. The van der Waals surface area contributed by atoms with Crippen LogP contribution in [0.2, 0.25) is 0 Å². The Hall–Kier alpha value is -1.20. The first kappa shape index (κ1) is 15.2. The Bertz CT molecular complexity index is 506. The number of benzene rings is 1. The number of hydrogen-bond acceptors (Lipinski definition) is 2. The molecule has 2 rings (SSSR count). The summed E-state index contributed by atoms with van der Waals surface area (Å²) in [6, 6.07) is 7.52. The van der Waals surface area contributed by atoms with Crippen LogP contribution in [0.5, 0.6) is 0 Å². The van der Waals surface area contributed by atoms with Gasteiger partial charge < -0.3 is 5.11 Å². The van der Waals surface area contributed by atoms with E-state index in [0.29, 0.717) is 19.4 Å². The molecule has 5 heteroatoms. The summed E-state index contributed by atoms with van der Waals surface area (Å²) in [5.74, 6) is -0.761. The van der Waals surface area contributed by atoms with Crippen molar-refractivity contribution in [2.75, 3.05) is 13.6 Å². The van der Waals surface area contributed by atoms with Crippen molar-refractivity contribution in [2.45, 2.75) is 37.5 Å². The molecule has 1 N–H and O–H groups in total. The number of carboxylic acids is 1. The summed E-state index contributed by atoms with van der Waals surface area (Å²) in [6.45, 7) is 2.32. The molecule has 1 aromatic rings. The molecule has 1 fully saturated rings. The number of carbonyl (C=O) groups is 1. The third-order valence-corrected chi connectivity index (χ3v) is 5.42. The molecule has 110 valence electrons. The fourth-order valence-electron chi connectivity index (χ4n) is 2.81. The van der Waals surface area contributed by atoms with E-state index < -0.39 is 22.4 Å². The van der Waals surface area contributed by atoms with Crippen LogP contribution in [0.4, 0.5) is 0 Å². The van der Waals surface area contributed by atoms with Crippen LogP contribution in [0.3, 0.4) is 0 Å². The Morgan fingerprint density at radius 1 is 1.30 bits per heavy atom. The summed E-state index contributed by atoms with van der Waals surface area (Å²) in [7, 11) is 0.430. The average Bonchev–Trinajstić information content (AvgIpc) is 2.88. The molecule has 1 aromatic carbocycles. The number of hydrogen-bond donors (Lipinski definition) is 1. The summed E-state index contributed by atoms with van der Waals surface area (Å²) in [4.78, 5) is 12.3. The van der Waals surface area contributed by atoms with E-state index in [1.807, 2.05) is 31.2 Å². The lowest BCUT2D eigenvalue weighted by Crippen LogP contribution is -2.40. The van der Waals surface area contributed by atoms with Crippen molar-refractivity contribution < 1.29 is 14.1 Å². The van der Waals surface area contributed by atoms with Crippen molar-refractivity contribution in [2.24, 2.45) is 5.41 Å². The van der Waals surface area contributed by atoms with E-state index in [4.69, 9.17) is 0 Å². The van der Waals surface area contributed by atoms with Crippen molar-refractivity contribution in [3.8, 4) is 0 Å². The number of aryl methyl sites for hydroxylation is 1. The lowest BCUT2D eigenvalue weighted by Gasteiger charge is -2.28. The van der Waals surface area contributed by atoms with E-state index in [0.717, 1.165) is 23.3 Å². The zero-order chi connectivity index (χ0) is 14.8. The smallest absolute Gasteiger partial charge is 0.310 e. The molecule has 0 bridgehead atoms. The summed E-state index contributed by atoms with van der Waals surface area (Å²) < 4.78 is 14.1. The van der Waals surface area contributed by atoms with Crippen LogP contribution in [-0.2, 0) is 15.8 Å². The minimum atomic E-state index is -1.30. The van der Waals surface area contributed by atoms with Crippen LogP contribution >= 0.6 is 0 Å². The second-order valence-corrected chi connectivity index (χ2v) is 7.23. The molecule has 4 nitrogen and oxygen atoms in total. The molecule has 1 aliphatic carbocycles. The summed E-state index contributed by atoms with van der Waals surface area (Å²) in [5.41, 5.74) is 0.390. The lowest BCUT2D eigenvalue weighted by atomic mass is 9.86. The molecule has 1 saturated carbocycles. The van der Waals surface area contributed by atoms with Gasteiger partial charge in [-0.05, 0) is 31.9 Å². The van der Waals surface area contributed by atoms with Gasteiger partial charge in [0, 0.05) is 13.6 Å². The van der Waals surface area contributed by atoms with Gasteiger partial charge in [-0.3, -0.25) is 4.79 Å². The van der Waals surface area contributed by atoms with Crippen molar-refractivity contribution in [1.82, 2.24) is 4.31 Å². The molecule has 1 atom stereocenters. The second-order valence-electron chi connectivity index (χ2n) is 5.64. The van der Waals surface area contributed by atoms with Crippen molar-refractivity contribution in [3.05, 3.63) is 29.8 Å². The van der Waals surface area contributed by atoms with Gasteiger partial charge in [-0.1, -0.05) is 30.5 Å². The highest BCUT2D eigenvalue weighted by molar-refractivity contribution is 7.82. The van der Waals surface area contributed by atoms with Crippen LogP contribution in [-0.4, -0.2) is 33.2 Å². The average molecular weight is 295 g/mol. The third kappa shape index (κ3) is 3.10. The number of rotatable bonds is 5. The zero-order valence-electron chi connectivity index (χ0n) is 12.0. The van der Waals surface area contributed by atoms with Crippen LogP contribution in [0, 0.1) is 12.3 Å². The Morgan fingerprint density at radius 2 is 1.85 bits per heavy atom. The highest BCUT2D eigenvalue weighted by atomic mass is 32.2. The minimum Gasteiger partial charge on any atom is -0.481 e. The van der Waals surface area contributed by atoms with E-state index in [9.17, 15) is 14.1 Å². The van der Waals surface area contributed by atoms with Crippen LogP contribution in [0.15, 0.2) is 29.2 Å². The highest BCUT2D eigenvalue weighted by Crippen LogP contribution is 2.39. The first-order valence-electron chi connectivity index (χ1n) is 6.88. The Balaban J connectivity index is 2.11. The largest absolute Gasteiger partial charge is 0.481 e. The van der Waals surface area contributed by atoms with Gasteiger partial charge in [0.1, 0.15) is 11.0 Å². The lowest BCUT2D eigenvalue weighted by molar-refractivity contribution is -0.149. The van der Waals surface area contributed by atoms with Gasteiger partial charge in [-0.2, -0.15) is 0 Å². The van der Waals surface area contributed by atoms with Crippen LogP contribution in [0.25, 0.3) is 0 Å². The normalized spacial score (nSPS) is 19.1. The topological polar surface area (TPSA) is 57.6 Å². The Kier molecular flexibility index (Phi) is 4.60. The number of nitrogens with zero attached hydrogens (tertiary/aromatic N) is 1. The fourth-order valence-corrected chi connectivity index (χ4v) is 3.90. The van der Waals surface area contributed by atoms with Crippen molar-refractivity contribution >= 4 is 17.0 Å². The SMILES string of the molecule is Cc1ccc(S(=O)N(C)CC2(C(=O)O)CCCC2)cc1.